The van der Waals surface area contributed by atoms with E-state index < -0.39 is 0 Å². The van der Waals surface area contributed by atoms with Crippen LogP contribution in [0.5, 0.6) is 0 Å². The minimum atomic E-state index is -0.0965. The van der Waals surface area contributed by atoms with Crippen LogP contribution in [0.2, 0.25) is 5.02 Å². The second kappa shape index (κ2) is 7.58. The lowest BCUT2D eigenvalue weighted by Gasteiger charge is -2.36. The molecule has 0 radical (unpaired) electrons. The van der Waals surface area contributed by atoms with Gasteiger partial charge in [0.1, 0.15) is 0 Å². The fourth-order valence-electron chi connectivity index (χ4n) is 3.10. The minimum Gasteiger partial charge on any atom is -0.368 e. The van der Waals surface area contributed by atoms with Gasteiger partial charge in [0.2, 0.25) is 0 Å². The molecule has 0 spiro atoms. The molecule has 2 aromatic rings. The van der Waals surface area contributed by atoms with Gasteiger partial charge in [0.05, 0.1) is 10.7 Å². The zero-order valence-corrected chi connectivity index (χ0v) is 16.4. The number of hydrogen-bond donors (Lipinski definition) is 1. The highest BCUT2D eigenvalue weighted by atomic mass is 35.5. The van der Waals surface area contributed by atoms with Gasteiger partial charge in [0.25, 0.3) is 0 Å². The van der Waals surface area contributed by atoms with Crippen molar-refractivity contribution in [1.82, 2.24) is 4.90 Å². The van der Waals surface area contributed by atoms with Gasteiger partial charge in [-0.25, -0.2) is 4.79 Å². The van der Waals surface area contributed by atoms with E-state index in [4.69, 9.17) is 11.6 Å². The predicted octanol–water partition coefficient (Wildman–Crippen LogP) is 4.99. The van der Waals surface area contributed by atoms with Crippen molar-refractivity contribution in [3.63, 3.8) is 0 Å². The number of nitrogens with zero attached hydrogens (tertiary/aromatic N) is 2. The zero-order chi connectivity index (χ0) is 18.7. The van der Waals surface area contributed by atoms with Crippen LogP contribution in [0.3, 0.4) is 0 Å². The summed E-state index contributed by atoms with van der Waals surface area (Å²) in [6.07, 6.45) is 0. The van der Waals surface area contributed by atoms with Gasteiger partial charge in [-0.3, -0.25) is 0 Å². The Morgan fingerprint density at radius 1 is 0.962 bits per heavy atom. The highest BCUT2D eigenvalue weighted by Gasteiger charge is 2.22. The second-order valence-corrected chi connectivity index (χ2v) is 8.09. The molecule has 1 fully saturated rings. The molecule has 0 bridgehead atoms. The van der Waals surface area contributed by atoms with E-state index in [1.807, 2.05) is 23.1 Å². The number of amides is 2. The van der Waals surface area contributed by atoms with Gasteiger partial charge in [-0.2, -0.15) is 0 Å². The average Bonchev–Trinajstić information content (AvgIpc) is 2.63. The molecule has 1 aliphatic heterocycles. The first kappa shape index (κ1) is 18.6. The molecular formula is C21H26ClN3O. The Hall–Kier alpha value is -2.20. The number of nitrogens with one attached hydrogen (secondary N) is 1. The summed E-state index contributed by atoms with van der Waals surface area (Å²) in [5.41, 5.74) is 3.36. The zero-order valence-electron chi connectivity index (χ0n) is 15.6. The van der Waals surface area contributed by atoms with Crippen LogP contribution in [0.1, 0.15) is 26.3 Å². The molecule has 26 heavy (non-hydrogen) atoms. The van der Waals surface area contributed by atoms with E-state index in [0.29, 0.717) is 23.8 Å². The maximum absolute atomic E-state index is 12.5. The van der Waals surface area contributed by atoms with Crippen molar-refractivity contribution in [2.45, 2.75) is 26.2 Å². The molecule has 2 amide bonds. The van der Waals surface area contributed by atoms with Crippen LogP contribution in [0, 0.1) is 0 Å². The number of carbonyl (C=O) groups excluding carboxylic acids is 1. The van der Waals surface area contributed by atoms with Crippen LogP contribution in [-0.2, 0) is 5.41 Å². The second-order valence-electron chi connectivity index (χ2n) is 7.68. The molecule has 1 aliphatic rings. The molecule has 3 rings (SSSR count). The van der Waals surface area contributed by atoms with Crippen molar-refractivity contribution in [1.29, 1.82) is 0 Å². The van der Waals surface area contributed by atoms with E-state index in [9.17, 15) is 4.79 Å². The van der Waals surface area contributed by atoms with E-state index in [-0.39, 0.29) is 11.4 Å². The van der Waals surface area contributed by atoms with Gasteiger partial charge < -0.3 is 15.1 Å². The average molecular weight is 372 g/mol. The SMILES string of the molecule is CC(C)(C)c1ccc(N2CCN(C(=O)Nc3ccccc3Cl)CC2)cc1. The van der Waals surface area contributed by atoms with Crippen molar-refractivity contribution in [2.24, 2.45) is 0 Å². The monoisotopic (exact) mass is 371 g/mol. The topological polar surface area (TPSA) is 35.6 Å². The number of hydrogen-bond acceptors (Lipinski definition) is 2. The first-order chi connectivity index (χ1) is 12.3. The van der Waals surface area contributed by atoms with Gasteiger partial charge in [-0.05, 0) is 35.2 Å². The summed E-state index contributed by atoms with van der Waals surface area (Å²) in [7, 11) is 0. The fourth-order valence-corrected chi connectivity index (χ4v) is 3.28. The summed E-state index contributed by atoms with van der Waals surface area (Å²) in [6.45, 7) is 9.69. The predicted molar refractivity (Wildman–Crippen MR) is 109 cm³/mol. The Bertz CT molecular complexity index is 760. The standard InChI is InChI=1S/C21H26ClN3O/c1-21(2,3)16-8-10-17(11-9-16)24-12-14-25(15-13-24)20(26)23-19-7-5-4-6-18(19)22/h4-11H,12-15H2,1-3H3,(H,23,26). The summed E-state index contributed by atoms with van der Waals surface area (Å²) >= 11 is 6.11. The molecule has 1 N–H and O–H groups in total. The minimum absolute atomic E-state index is 0.0965. The number of carbonyl (C=O) groups is 1. The van der Waals surface area contributed by atoms with Crippen LogP contribution >= 0.6 is 11.6 Å². The third-order valence-electron chi connectivity index (χ3n) is 4.78. The number of urea groups is 1. The van der Waals surface area contributed by atoms with Gasteiger partial charge in [0.15, 0.2) is 0 Å². The molecule has 1 heterocycles. The molecule has 4 nitrogen and oxygen atoms in total. The first-order valence-corrected chi connectivity index (χ1v) is 9.38. The summed E-state index contributed by atoms with van der Waals surface area (Å²) in [6, 6.07) is 16.0. The summed E-state index contributed by atoms with van der Waals surface area (Å²) < 4.78 is 0. The molecule has 2 aromatic carbocycles. The first-order valence-electron chi connectivity index (χ1n) is 9.00. The molecule has 0 aliphatic carbocycles. The third kappa shape index (κ3) is 4.31. The molecule has 138 valence electrons. The lowest BCUT2D eigenvalue weighted by molar-refractivity contribution is 0.208. The van der Waals surface area contributed by atoms with Crippen molar-refractivity contribution >= 4 is 29.0 Å². The van der Waals surface area contributed by atoms with Crippen LogP contribution in [0.25, 0.3) is 0 Å². The number of benzene rings is 2. The number of para-hydroxylation sites is 1. The maximum Gasteiger partial charge on any atom is 0.322 e. The Morgan fingerprint density at radius 2 is 1.58 bits per heavy atom. The van der Waals surface area contributed by atoms with Crippen molar-refractivity contribution in [3.8, 4) is 0 Å². The number of halogens is 1. The van der Waals surface area contributed by atoms with E-state index in [1.165, 1.54) is 11.3 Å². The van der Waals surface area contributed by atoms with Gasteiger partial charge in [-0.1, -0.05) is 56.6 Å². The molecule has 0 aromatic heterocycles. The highest BCUT2D eigenvalue weighted by molar-refractivity contribution is 6.33. The van der Waals surface area contributed by atoms with Crippen molar-refractivity contribution in [3.05, 3.63) is 59.1 Å². The number of piperazine rings is 1. The van der Waals surface area contributed by atoms with Crippen LogP contribution < -0.4 is 10.2 Å². The van der Waals surface area contributed by atoms with E-state index in [1.54, 1.807) is 6.07 Å². The van der Waals surface area contributed by atoms with E-state index >= 15 is 0 Å². The van der Waals surface area contributed by atoms with E-state index in [2.05, 4.69) is 55.3 Å². The molecule has 1 saturated heterocycles. The molecule has 0 saturated carbocycles. The van der Waals surface area contributed by atoms with Crippen LogP contribution in [0.4, 0.5) is 16.2 Å². The van der Waals surface area contributed by atoms with Crippen molar-refractivity contribution in [2.75, 3.05) is 36.4 Å². The largest absolute Gasteiger partial charge is 0.368 e. The van der Waals surface area contributed by atoms with Gasteiger partial charge in [-0.15, -0.1) is 0 Å². The lowest BCUT2D eigenvalue weighted by Crippen LogP contribution is -2.50. The molecular weight excluding hydrogens is 346 g/mol. The highest BCUT2D eigenvalue weighted by Crippen LogP contribution is 2.26. The Balaban J connectivity index is 1.57. The Kier molecular flexibility index (Phi) is 5.42. The Labute approximate surface area is 160 Å². The molecule has 0 atom stereocenters. The van der Waals surface area contributed by atoms with Gasteiger partial charge in [0, 0.05) is 31.9 Å². The quantitative estimate of drug-likeness (QED) is 0.807. The third-order valence-corrected chi connectivity index (χ3v) is 5.11. The fraction of sp³-hybridized carbons (Fsp3) is 0.381. The number of anilines is 2. The van der Waals surface area contributed by atoms with E-state index in [0.717, 1.165) is 13.1 Å². The maximum atomic E-state index is 12.5. The summed E-state index contributed by atoms with van der Waals surface area (Å²) in [5, 5.41) is 3.45. The molecule has 5 heteroatoms. The lowest BCUT2D eigenvalue weighted by atomic mass is 9.87. The molecule has 0 unspecified atom stereocenters. The summed E-state index contributed by atoms with van der Waals surface area (Å²) in [5.74, 6) is 0. The summed E-state index contributed by atoms with van der Waals surface area (Å²) in [4.78, 5) is 16.6. The number of rotatable bonds is 2. The van der Waals surface area contributed by atoms with Gasteiger partial charge >= 0.3 is 6.03 Å². The normalized spacial score (nSPS) is 15.1. The smallest absolute Gasteiger partial charge is 0.322 e. The van der Waals surface area contributed by atoms with Crippen LogP contribution in [0.15, 0.2) is 48.5 Å². The Morgan fingerprint density at radius 3 is 2.15 bits per heavy atom. The van der Waals surface area contributed by atoms with Crippen LogP contribution in [-0.4, -0.2) is 37.1 Å². The van der Waals surface area contributed by atoms with Crippen molar-refractivity contribution < 1.29 is 4.79 Å².